The quantitative estimate of drug-likeness (QED) is 0.507. The van der Waals surface area contributed by atoms with Crippen LogP contribution in [0.4, 0.5) is 0 Å². The number of aromatic nitrogens is 2. The zero-order valence-corrected chi connectivity index (χ0v) is 16.5. The lowest BCUT2D eigenvalue weighted by Gasteiger charge is -2.32. The van der Waals surface area contributed by atoms with Gasteiger partial charge in [-0.2, -0.15) is 5.10 Å². The fraction of sp³-hybridized carbons (Fsp3) is 0.261. The van der Waals surface area contributed by atoms with E-state index in [2.05, 4.69) is 5.10 Å². The minimum absolute atomic E-state index is 0.226. The molecular weight excluding hydrogens is 366 g/mol. The summed E-state index contributed by atoms with van der Waals surface area (Å²) in [7, 11) is 0. The van der Waals surface area contributed by atoms with Crippen LogP contribution in [0.2, 0.25) is 0 Å². The molecule has 1 aliphatic rings. The van der Waals surface area contributed by atoms with Gasteiger partial charge in [-0.3, -0.25) is 9.59 Å². The molecule has 0 N–H and O–H groups in total. The molecule has 29 heavy (non-hydrogen) atoms. The van der Waals surface area contributed by atoms with Crippen LogP contribution in [0, 0.1) is 13.8 Å². The molecule has 0 saturated carbocycles. The van der Waals surface area contributed by atoms with E-state index in [0.717, 1.165) is 11.3 Å². The van der Waals surface area contributed by atoms with Crippen LogP contribution >= 0.6 is 0 Å². The number of rotatable bonds is 4. The molecule has 1 unspecified atom stereocenters. The highest BCUT2D eigenvalue weighted by Crippen LogP contribution is 2.24. The average molecular weight is 389 g/mol. The highest BCUT2D eigenvalue weighted by Gasteiger charge is 2.32. The highest BCUT2D eigenvalue weighted by molar-refractivity contribution is 6.43. The Morgan fingerprint density at radius 3 is 2.34 bits per heavy atom. The van der Waals surface area contributed by atoms with Gasteiger partial charge in [0.2, 0.25) is 0 Å². The second kappa shape index (κ2) is 8.01. The predicted molar refractivity (Wildman–Crippen MR) is 109 cm³/mol. The summed E-state index contributed by atoms with van der Waals surface area (Å²) in [4.78, 5) is 27.7. The summed E-state index contributed by atoms with van der Waals surface area (Å²) in [5.41, 5.74) is 3.45. The molecule has 2 heterocycles. The number of benzene rings is 2. The number of ketones is 1. The summed E-state index contributed by atoms with van der Waals surface area (Å²) in [6.45, 7) is 4.75. The molecule has 1 saturated heterocycles. The molecule has 0 bridgehead atoms. The molecule has 3 aromatic rings. The topological polar surface area (TPSA) is 64.4 Å². The van der Waals surface area contributed by atoms with Crippen molar-refractivity contribution in [3.8, 4) is 5.69 Å². The Bertz CT molecular complexity index is 1030. The van der Waals surface area contributed by atoms with Crippen molar-refractivity contribution in [2.75, 3.05) is 19.7 Å². The van der Waals surface area contributed by atoms with Crippen molar-refractivity contribution in [1.82, 2.24) is 14.7 Å². The van der Waals surface area contributed by atoms with Gasteiger partial charge in [0.1, 0.15) is 6.10 Å². The van der Waals surface area contributed by atoms with Crippen molar-refractivity contribution in [2.45, 2.75) is 20.0 Å². The molecule has 6 heteroatoms. The molecule has 0 radical (unpaired) electrons. The third kappa shape index (κ3) is 3.71. The highest BCUT2D eigenvalue weighted by atomic mass is 16.5. The maximum atomic E-state index is 13.1. The third-order valence-corrected chi connectivity index (χ3v) is 5.24. The maximum Gasteiger partial charge on any atom is 0.295 e. The molecule has 6 nitrogen and oxygen atoms in total. The minimum atomic E-state index is -0.518. The van der Waals surface area contributed by atoms with Gasteiger partial charge >= 0.3 is 0 Å². The SMILES string of the molecule is Cc1nn(-c2ccccc2)c(C)c1C(=O)C(=O)N1CCOC(c2ccccc2)C1. The fourth-order valence-electron chi connectivity index (χ4n) is 3.75. The van der Waals surface area contributed by atoms with E-state index in [0.29, 0.717) is 36.6 Å². The summed E-state index contributed by atoms with van der Waals surface area (Å²) in [6.07, 6.45) is -0.226. The van der Waals surface area contributed by atoms with E-state index in [9.17, 15) is 9.59 Å². The minimum Gasteiger partial charge on any atom is -0.370 e. The lowest BCUT2D eigenvalue weighted by Crippen LogP contribution is -2.45. The summed E-state index contributed by atoms with van der Waals surface area (Å²) < 4.78 is 7.53. The summed E-state index contributed by atoms with van der Waals surface area (Å²) >= 11 is 0. The second-order valence-electron chi connectivity index (χ2n) is 7.14. The van der Waals surface area contributed by atoms with Crippen molar-refractivity contribution in [3.05, 3.63) is 83.2 Å². The van der Waals surface area contributed by atoms with Gasteiger partial charge in [-0.25, -0.2) is 4.68 Å². The van der Waals surface area contributed by atoms with E-state index in [1.807, 2.05) is 67.6 Å². The largest absolute Gasteiger partial charge is 0.370 e. The number of hydrogen-bond acceptors (Lipinski definition) is 4. The predicted octanol–water partition coefficient (Wildman–Crippen LogP) is 3.27. The van der Waals surface area contributed by atoms with Crippen molar-refractivity contribution in [3.63, 3.8) is 0 Å². The Morgan fingerprint density at radius 2 is 1.66 bits per heavy atom. The van der Waals surface area contributed by atoms with Crippen LogP contribution in [0.1, 0.15) is 33.4 Å². The van der Waals surface area contributed by atoms with Gasteiger partial charge in [-0.05, 0) is 31.5 Å². The van der Waals surface area contributed by atoms with Gasteiger partial charge in [0.25, 0.3) is 11.7 Å². The fourth-order valence-corrected chi connectivity index (χ4v) is 3.75. The zero-order valence-electron chi connectivity index (χ0n) is 16.5. The first-order valence-corrected chi connectivity index (χ1v) is 9.68. The number of aryl methyl sites for hydroxylation is 1. The van der Waals surface area contributed by atoms with Crippen molar-refractivity contribution >= 4 is 11.7 Å². The lowest BCUT2D eigenvalue weighted by molar-refractivity contribution is -0.134. The van der Waals surface area contributed by atoms with E-state index in [1.165, 1.54) is 0 Å². The number of para-hydroxylation sites is 1. The average Bonchev–Trinajstić information content (AvgIpc) is 3.08. The smallest absolute Gasteiger partial charge is 0.295 e. The third-order valence-electron chi connectivity index (χ3n) is 5.24. The van der Waals surface area contributed by atoms with E-state index in [1.54, 1.807) is 16.5 Å². The zero-order chi connectivity index (χ0) is 20.4. The van der Waals surface area contributed by atoms with Gasteiger partial charge in [0, 0.05) is 6.54 Å². The molecule has 148 valence electrons. The van der Waals surface area contributed by atoms with Gasteiger partial charge < -0.3 is 9.64 Å². The lowest BCUT2D eigenvalue weighted by atomic mass is 10.1. The number of morpholine rings is 1. The Labute approximate surface area is 169 Å². The van der Waals surface area contributed by atoms with Crippen LogP contribution in [0.5, 0.6) is 0 Å². The Kier molecular flexibility index (Phi) is 5.27. The van der Waals surface area contributed by atoms with Crippen LogP contribution in [0.25, 0.3) is 5.69 Å². The standard InChI is InChI=1S/C23H23N3O3/c1-16-21(17(2)26(24-16)19-11-7-4-8-12-19)22(27)23(28)25-13-14-29-20(15-25)18-9-5-3-6-10-18/h3-12,20H,13-15H2,1-2H3. The van der Waals surface area contributed by atoms with Gasteiger partial charge in [-0.1, -0.05) is 48.5 Å². The molecule has 1 fully saturated rings. The van der Waals surface area contributed by atoms with Crippen molar-refractivity contribution in [1.29, 1.82) is 0 Å². The van der Waals surface area contributed by atoms with E-state index < -0.39 is 11.7 Å². The van der Waals surface area contributed by atoms with E-state index in [4.69, 9.17) is 4.74 Å². The Hall–Kier alpha value is -3.25. The van der Waals surface area contributed by atoms with Crippen LogP contribution in [-0.4, -0.2) is 46.1 Å². The number of hydrogen-bond donors (Lipinski definition) is 0. The summed E-state index contributed by atoms with van der Waals surface area (Å²) in [5, 5.41) is 4.49. The van der Waals surface area contributed by atoms with Crippen LogP contribution < -0.4 is 0 Å². The summed E-state index contributed by atoms with van der Waals surface area (Å²) in [6, 6.07) is 19.3. The number of nitrogens with zero attached hydrogens (tertiary/aromatic N) is 3. The molecule has 1 aliphatic heterocycles. The van der Waals surface area contributed by atoms with Crippen LogP contribution in [0.15, 0.2) is 60.7 Å². The monoisotopic (exact) mass is 389 g/mol. The number of Topliss-reactive ketones (excluding diaryl/α,β-unsaturated/α-hetero) is 1. The maximum absolute atomic E-state index is 13.1. The molecule has 4 rings (SSSR count). The van der Waals surface area contributed by atoms with E-state index in [-0.39, 0.29) is 6.10 Å². The second-order valence-corrected chi connectivity index (χ2v) is 7.14. The van der Waals surface area contributed by atoms with Gasteiger partial charge in [-0.15, -0.1) is 0 Å². The Balaban J connectivity index is 1.57. The molecule has 1 amide bonds. The molecular formula is C23H23N3O3. The first kappa shape index (κ1) is 19.1. The van der Waals surface area contributed by atoms with Crippen LogP contribution in [-0.2, 0) is 9.53 Å². The number of ether oxygens (including phenoxy) is 1. The molecule has 0 aliphatic carbocycles. The van der Waals surface area contributed by atoms with Crippen LogP contribution in [0.3, 0.4) is 0 Å². The van der Waals surface area contributed by atoms with Crippen molar-refractivity contribution in [2.24, 2.45) is 0 Å². The van der Waals surface area contributed by atoms with E-state index >= 15 is 0 Å². The van der Waals surface area contributed by atoms with Gasteiger partial charge in [0.05, 0.1) is 35.8 Å². The van der Waals surface area contributed by atoms with Gasteiger partial charge in [0.15, 0.2) is 0 Å². The van der Waals surface area contributed by atoms with Crippen molar-refractivity contribution < 1.29 is 14.3 Å². The summed E-state index contributed by atoms with van der Waals surface area (Å²) in [5.74, 6) is -1.02. The number of amides is 1. The first-order chi connectivity index (χ1) is 14.1. The number of carbonyl (C=O) groups is 2. The molecule has 0 spiro atoms. The molecule has 2 aromatic carbocycles. The first-order valence-electron chi connectivity index (χ1n) is 9.68. The number of carbonyl (C=O) groups excluding carboxylic acids is 2. The molecule has 1 aromatic heterocycles. The molecule has 1 atom stereocenters. The normalized spacial score (nSPS) is 16.6. The Morgan fingerprint density at radius 1 is 1.00 bits per heavy atom.